The van der Waals surface area contributed by atoms with Crippen molar-refractivity contribution in [1.29, 1.82) is 0 Å². The highest BCUT2D eigenvalue weighted by Crippen LogP contribution is 2.17. The Morgan fingerprint density at radius 3 is 2.50 bits per heavy atom. The number of amides is 1. The second-order valence-corrected chi connectivity index (χ2v) is 4.68. The van der Waals surface area contributed by atoms with Gasteiger partial charge in [0.1, 0.15) is 11.5 Å². The van der Waals surface area contributed by atoms with E-state index in [1.165, 1.54) is 12.1 Å². The number of carbonyl (C=O) groups excluding carboxylic acids is 1. The number of aromatic hydroxyl groups is 1. The van der Waals surface area contributed by atoms with E-state index < -0.39 is 6.10 Å². The van der Waals surface area contributed by atoms with Gasteiger partial charge in [-0.15, -0.1) is 0 Å². The van der Waals surface area contributed by atoms with Gasteiger partial charge in [0.05, 0.1) is 0 Å². The fourth-order valence-electron chi connectivity index (χ4n) is 1.73. The Morgan fingerprint density at radius 1 is 1.20 bits per heavy atom. The van der Waals surface area contributed by atoms with E-state index in [2.05, 4.69) is 5.32 Å². The SMILES string of the molecule is CC(Oc1ccc(O)cc1)C(=O)NCCCCCCO. The number of phenols is 1. The first-order chi connectivity index (χ1) is 9.63. The van der Waals surface area contributed by atoms with Gasteiger partial charge in [-0.2, -0.15) is 0 Å². The molecule has 1 unspecified atom stereocenters. The van der Waals surface area contributed by atoms with Crippen molar-refractivity contribution in [3.63, 3.8) is 0 Å². The van der Waals surface area contributed by atoms with Crippen LogP contribution in [0, 0.1) is 0 Å². The molecule has 1 aromatic rings. The van der Waals surface area contributed by atoms with Crippen LogP contribution in [-0.2, 0) is 4.79 Å². The first-order valence-electron chi connectivity index (χ1n) is 6.97. The fourth-order valence-corrected chi connectivity index (χ4v) is 1.73. The molecule has 5 heteroatoms. The molecule has 3 N–H and O–H groups in total. The van der Waals surface area contributed by atoms with Crippen molar-refractivity contribution >= 4 is 5.91 Å². The molecular weight excluding hydrogens is 258 g/mol. The maximum Gasteiger partial charge on any atom is 0.260 e. The minimum atomic E-state index is -0.572. The summed E-state index contributed by atoms with van der Waals surface area (Å²) in [6.07, 6.45) is 3.11. The Kier molecular flexibility index (Phi) is 7.50. The molecule has 1 aromatic carbocycles. The van der Waals surface area contributed by atoms with Gasteiger partial charge in [-0.05, 0) is 44.0 Å². The normalized spacial score (nSPS) is 11.9. The van der Waals surface area contributed by atoms with Crippen molar-refractivity contribution in [2.24, 2.45) is 0 Å². The van der Waals surface area contributed by atoms with Gasteiger partial charge < -0.3 is 20.3 Å². The summed E-state index contributed by atoms with van der Waals surface area (Å²) in [5.74, 6) is 0.561. The van der Waals surface area contributed by atoms with Gasteiger partial charge in [-0.1, -0.05) is 12.8 Å². The van der Waals surface area contributed by atoms with Crippen LogP contribution in [0.4, 0.5) is 0 Å². The molecule has 0 aromatic heterocycles. The third kappa shape index (κ3) is 6.43. The lowest BCUT2D eigenvalue weighted by atomic mass is 10.2. The molecule has 1 rings (SSSR count). The lowest BCUT2D eigenvalue weighted by molar-refractivity contribution is -0.127. The molecule has 1 amide bonds. The van der Waals surface area contributed by atoms with E-state index in [-0.39, 0.29) is 18.3 Å². The minimum absolute atomic E-state index is 0.153. The zero-order chi connectivity index (χ0) is 14.8. The van der Waals surface area contributed by atoms with Gasteiger partial charge in [0.25, 0.3) is 5.91 Å². The quantitative estimate of drug-likeness (QED) is 0.603. The number of rotatable bonds is 9. The summed E-state index contributed by atoms with van der Waals surface area (Å²) in [6.45, 7) is 2.53. The topological polar surface area (TPSA) is 78.8 Å². The number of carbonyl (C=O) groups is 1. The first-order valence-corrected chi connectivity index (χ1v) is 6.97. The van der Waals surface area contributed by atoms with Crippen molar-refractivity contribution in [2.45, 2.75) is 38.7 Å². The summed E-state index contributed by atoms with van der Waals surface area (Å²) in [7, 11) is 0. The maximum atomic E-state index is 11.8. The molecule has 0 bridgehead atoms. The number of nitrogens with one attached hydrogen (secondary N) is 1. The van der Waals surface area contributed by atoms with Crippen LogP contribution in [0.25, 0.3) is 0 Å². The minimum Gasteiger partial charge on any atom is -0.508 e. The molecule has 5 nitrogen and oxygen atoms in total. The van der Waals surface area contributed by atoms with Crippen LogP contribution in [0.15, 0.2) is 24.3 Å². The summed E-state index contributed by atoms with van der Waals surface area (Å²) in [4.78, 5) is 11.8. The predicted molar refractivity (Wildman–Crippen MR) is 76.8 cm³/mol. The smallest absolute Gasteiger partial charge is 0.260 e. The summed E-state index contributed by atoms with van der Waals surface area (Å²) in [6, 6.07) is 6.27. The predicted octanol–water partition coefficient (Wildman–Crippen LogP) is 1.83. The average Bonchev–Trinajstić information content (AvgIpc) is 2.45. The standard InChI is InChI=1S/C15H23NO4/c1-12(20-14-8-6-13(18)7-9-14)15(19)16-10-4-2-3-5-11-17/h6-9,12,17-18H,2-5,10-11H2,1H3,(H,16,19). The van der Waals surface area contributed by atoms with Crippen LogP contribution in [0.1, 0.15) is 32.6 Å². The average molecular weight is 281 g/mol. The Morgan fingerprint density at radius 2 is 1.85 bits per heavy atom. The lowest BCUT2D eigenvalue weighted by Gasteiger charge is -2.14. The van der Waals surface area contributed by atoms with Crippen molar-refractivity contribution in [1.82, 2.24) is 5.32 Å². The Hall–Kier alpha value is -1.75. The third-order valence-corrected chi connectivity index (χ3v) is 2.90. The van der Waals surface area contributed by atoms with E-state index in [0.717, 1.165) is 25.7 Å². The van der Waals surface area contributed by atoms with Gasteiger partial charge >= 0.3 is 0 Å². The molecule has 0 spiro atoms. The number of hydrogen-bond acceptors (Lipinski definition) is 4. The zero-order valence-corrected chi connectivity index (χ0v) is 11.8. The number of benzene rings is 1. The van der Waals surface area contributed by atoms with Crippen LogP contribution in [-0.4, -0.2) is 35.4 Å². The Bertz CT molecular complexity index is 391. The van der Waals surface area contributed by atoms with Gasteiger partial charge in [0.2, 0.25) is 0 Å². The second kappa shape index (κ2) is 9.20. The Labute approximate surface area is 119 Å². The Balaban J connectivity index is 2.20. The molecule has 112 valence electrons. The van der Waals surface area contributed by atoms with Crippen molar-refractivity contribution in [3.8, 4) is 11.5 Å². The number of phenolic OH excluding ortho intramolecular Hbond substituents is 1. The summed E-state index contributed by atoms with van der Waals surface area (Å²) in [5.41, 5.74) is 0. The van der Waals surface area contributed by atoms with Gasteiger partial charge in [0, 0.05) is 13.2 Å². The molecule has 0 saturated heterocycles. The van der Waals surface area contributed by atoms with Crippen LogP contribution in [0.5, 0.6) is 11.5 Å². The maximum absolute atomic E-state index is 11.8. The van der Waals surface area contributed by atoms with Gasteiger partial charge in [0.15, 0.2) is 6.10 Å². The molecule has 0 aliphatic rings. The van der Waals surface area contributed by atoms with E-state index in [1.807, 2.05) is 0 Å². The van der Waals surface area contributed by atoms with Crippen molar-refractivity contribution < 1.29 is 19.7 Å². The van der Waals surface area contributed by atoms with Crippen molar-refractivity contribution in [3.05, 3.63) is 24.3 Å². The van der Waals surface area contributed by atoms with E-state index in [1.54, 1.807) is 19.1 Å². The van der Waals surface area contributed by atoms with Crippen LogP contribution in [0.3, 0.4) is 0 Å². The molecule has 0 heterocycles. The van der Waals surface area contributed by atoms with Gasteiger partial charge in [-0.3, -0.25) is 4.79 Å². The molecule has 0 aliphatic carbocycles. The molecule has 1 atom stereocenters. The number of ether oxygens (including phenoxy) is 1. The molecular formula is C15H23NO4. The zero-order valence-electron chi connectivity index (χ0n) is 11.8. The van der Waals surface area contributed by atoms with Crippen molar-refractivity contribution in [2.75, 3.05) is 13.2 Å². The highest BCUT2D eigenvalue weighted by Gasteiger charge is 2.13. The first kappa shape index (κ1) is 16.3. The fraction of sp³-hybridized carbons (Fsp3) is 0.533. The third-order valence-electron chi connectivity index (χ3n) is 2.90. The van der Waals surface area contributed by atoms with Crippen LogP contribution in [0.2, 0.25) is 0 Å². The molecule has 0 saturated carbocycles. The van der Waals surface area contributed by atoms with Gasteiger partial charge in [-0.25, -0.2) is 0 Å². The van der Waals surface area contributed by atoms with Crippen LogP contribution < -0.4 is 10.1 Å². The number of hydrogen-bond donors (Lipinski definition) is 3. The lowest BCUT2D eigenvalue weighted by Crippen LogP contribution is -2.36. The highest BCUT2D eigenvalue weighted by atomic mass is 16.5. The van der Waals surface area contributed by atoms with E-state index >= 15 is 0 Å². The summed E-state index contributed by atoms with van der Waals surface area (Å²) < 4.78 is 5.47. The molecule has 20 heavy (non-hydrogen) atoms. The second-order valence-electron chi connectivity index (χ2n) is 4.68. The molecule has 0 fully saturated rings. The largest absolute Gasteiger partial charge is 0.508 e. The number of unbranched alkanes of at least 4 members (excludes halogenated alkanes) is 3. The molecule has 0 radical (unpaired) electrons. The summed E-state index contributed by atoms with van der Waals surface area (Å²) >= 11 is 0. The number of aliphatic hydroxyl groups is 1. The van der Waals surface area contributed by atoms with Crippen LogP contribution >= 0.6 is 0 Å². The summed E-state index contributed by atoms with van der Waals surface area (Å²) in [5, 5.41) is 20.6. The monoisotopic (exact) mass is 281 g/mol. The highest BCUT2D eigenvalue weighted by molar-refractivity contribution is 5.80. The number of aliphatic hydroxyl groups excluding tert-OH is 1. The van der Waals surface area contributed by atoms with E-state index in [4.69, 9.17) is 14.9 Å². The van der Waals surface area contributed by atoms with E-state index in [0.29, 0.717) is 12.3 Å². The van der Waals surface area contributed by atoms with E-state index in [9.17, 15) is 4.79 Å². The molecule has 0 aliphatic heterocycles.